The lowest BCUT2D eigenvalue weighted by Gasteiger charge is -2.34. The summed E-state index contributed by atoms with van der Waals surface area (Å²) in [5.41, 5.74) is 2.69. The number of carbonyl (C=O) groups is 1. The number of amides is 1. The van der Waals surface area contributed by atoms with Crippen LogP contribution in [0.25, 0.3) is 10.9 Å². The number of nitrogens with one attached hydrogen (secondary N) is 1. The lowest BCUT2D eigenvalue weighted by atomic mass is 10.1. The van der Waals surface area contributed by atoms with Crippen molar-refractivity contribution in [2.24, 2.45) is 0 Å². The second-order valence-electron chi connectivity index (χ2n) is 7.17. The van der Waals surface area contributed by atoms with Crippen LogP contribution in [0.4, 0.5) is 0 Å². The molecular formula is C22H24ClN3O3. The van der Waals surface area contributed by atoms with Crippen molar-refractivity contribution < 1.29 is 14.3 Å². The minimum atomic E-state index is 0.0306. The third-order valence-electron chi connectivity index (χ3n) is 5.33. The maximum atomic E-state index is 12.9. The van der Waals surface area contributed by atoms with E-state index in [2.05, 4.69) is 16.0 Å². The van der Waals surface area contributed by atoms with E-state index < -0.39 is 0 Å². The van der Waals surface area contributed by atoms with Gasteiger partial charge in [0.15, 0.2) is 11.5 Å². The number of H-pyrrole nitrogens is 1. The Bertz CT molecular complexity index is 1030. The number of piperazine rings is 1. The molecule has 0 radical (unpaired) electrons. The first kappa shape index (κ1) is 19.6. The highest BCUT2D eigenvalue weighted by Gasteiger charge is 2.23. The standard InChI is InChI=1S/C22H24ClN3O3/c1-28-20-6-3-15(11-21(20)29-2)14-25-7-9-26(10-8-25)22(27)19-13-16-12-17(23)4-5-18(16)24-19/h3-6,11-13,24H,7-10,14H2,1-2H3. The van der Waals surface area contributed by atoms with Crippen molar-refractivity contribution >= 4 is 28.4 Å². The molecule has 6 nitrogen and oxygen atoms in total. The lowest BCUT2D eigenvalue weighted by Crippen LogP contribution is -2.48. The SMILES string of the molecule is COc1ccc(CN2CCN(C(=O)c3cc4cc(Cl)ccc4[nH]3)CC2)cc1OC. The minimum absolute atomic E-state index is 0.0306. The summed E-state index contributed by atoms with van der Waals surface area (Å²) in [5.74, 6) is 1.49. The van der Waals surface area contributed by atoms with Crippen molar-refractivity contribution in [3.05, 3.63) is 58.7 Å². The van der Waals surface area contributed by atoms with Crippen LogP contribution in [0.3, 0.4) is 0 Å². The van der Waals surface area contributed by atoms with Gasteiger partial charge in [-0.2, -0.15) is 0 Å². The van der Waals surface area contributed by atoms with Crippen LogP contribution in [0.5, 0.6) is 11.5 Å². The molecule has 0 unspecified atom stereocenters. The molecule has 1 aromatic heterocycles. The lowest BCUT2D eigenvalue weighted by molar-refractivity contribution is 0.0623. The van der Waals surface area contributed by atoms with Crippen LogP contribution in [0.15, 0.2) is 42.5 Å². The van der Waals surface area contributed by atoms with Gasteiger partial charge in [-0.25, -0.2) is 0 Å². The van der Waals surface area contributed by atoms with E-state index in [0.29, 0.717) is 23.8 Å². The van der Waals surface area contributed by atoms with Crippen LogP contribution in [0.1, 0.15) is 16.1 Å². The highest BCUT2D eigenvalue weighted by Crippen LogP contribution is 2.28. The van der Waals surface area contributed by atoms with E-state index in [1.165, 1.54) is 0 Å². The van der Waals surface area contributed by atoms with Crippen LogP contribution in [0, 0.1) is 0 Å². The van der Waals surface area contributed by atoms with E-state index in [1.807, 2.05) is 41.3 Å². The molecule has 1 saturated heterocycles. The molecular weight excluding hydrogens is 390 g/mol. The molecule has 3 aromatic rings. The van der Waals surface area contributed by atoms with E-state index in [1.54, 1.807) is 14.2 Å². The normalized spacial score (nSPS) is 14.9. The second-order valence-corrected chi connectivity index (χ2v) is 7.61. The molecule has 7 heteroatoms. The third-order valence-corrected chi connectivity index (χ3v) is 5.56. The molecule has 1 aliphatic heterocycles. The summed E-state index contributed by atoms with van der Waals surface area (Å²) in [6, 6.07) is 13.4. The molecule has 0 aliphatic carbocycles. The average Bonchev–Trinajstić information content (AvgIpc) is 3.17. The number of ether oxygens (including phenoxy) is 2. The van der Waals surface area contributed by atoms with Gasteiger partial charge in [-0.15, -0.1) is 0 Å². The van der Waals surface area contributed by atoms with Gasteiger partial charge in [-0.3, -0.25) is 9.69 Å². The molecule has 1 N–H and O–H groups in total. The summed E-state index contributed by atoms with van der Waals surface area (Å²) >= 11 is 6.05. The number of carbonyl (C=O) groups excluding carboxylic acids is 1. The highest BCUT2D eigenvalue weighted by atomic mass is 35.5. The maximum absolute atomic E-state index is 12.9. The largest absolute Gasteiger partial charge is 0.493 e. The maximum Gasteiger partial charge on any atom is 0.270 e. The fraction of sp³-hybridized carbons (Fsp3) is 0.318. The van der Waals surface area contributed by atoms with E-state index in [0.717, 1.165) is 47.6 Å². The number of hydrogen-bond donors (Lipinski definition) is 1. The minimum Gasteiger partial charge on any atom is -0.493 e. The van der Waals surface area contributed by atoms with Crippen molar-refractivity contribution in [3.63, 3.8) is 0 Å². The zero-order valence-corrected chi connectivity index (χ0v) is 17.3. The Kier molecular flexibility index (Phi) is 5.65. The molecule has 4 rings (SSSR count). The number of aromatic amines is 1. The van der Waals surface area contributed by atoms with Gasteiger partial charge in [0.1, 0.15) is 5.69 Å². The van der Waals surface area contributed by atoms with Gasteiger partial charge >= 0.3 is 0 Å². The zero-order valence-electron chi connectivity index (χ0n) is 16.6. The Labute approximate surface area is 175 Å². The van der Waals surface area contributed by atoms with Gasteiger partial charge in [0.2, 0.25) is 0 Å². The molecule has 2 heterocycles. The highest BCUT2D eigenvalue weighted by molar-refractivity contribution is 6.31. The summed E-state index contributed by atoms with van der Waals surface area (Å²) < 4.78 is 10.7. The molecule has 2 aromatic carbocycles. The molecule has 0 atom stereocenters. The average molecular weight is 414 g/mol. The topological polar surface area (TPSA) is 57.8 Å². The van der Waals surface area contributed by atoms with Gasteiger partial charge in [-0.05, 0) is 42.0 Å². The van der Waals surface area contributed by atoms with Gasteiger partial charge in [0.05, 0.1) is 14.2 Å². The van der Waals surface area contributed by atoms with Crippen LogP contribution < -0.4 is 9.47 Å². The zero-order chi connectivity index (χ0) is 20.4. The number of hydrogen-bond acceptors (Lipinski definition) is 4. The Balaban J connectivity index is 1.38. The van der Waals surface area contributed by atoms with Crippen molar-refractivity contribution in [1.29, 1.82) is 0 Å². The summed E-state index contributed by atoms with van der Waals surface area (Å²) in [6.45, 7) is 3.86. The monoisotopic (exact) mass is 413 g/mol. The molecule has 1 amide bonds. The Morgan fingerprint density at radius 3 is 2.48 bits per heavy atom. The van der Waals surface area contributed by atoms with Gasteiger partial charge in [0, 0.05) is 48.6 Å². The van der Waals surface area contributed by atoms with Crippen molar-refractivity contribution in [3.8, 4) is 11.5 Å². The van der Waals surface area contributed by atoms with Crippen molar-refractivity contribution in [2.45, 2.75) is 6.54 Å². The molecule has 0 spiro atoms. The molecule has 1 fully saturated rings. The predicted molar refractivity (Wildman–Crippen MR) is 114 cm³/mol. The molecule has 0 bridgehead atoms. The van der Waals surface area contributed by atoms with Gasteiger partial charge < -0.3 is 19.4 Å². The summed E-state index contributed by atoms with van der Waals surface area (Å²) in [6.07, 6.45) is 0. The van der Waals surface area contributed by atoms with Crippen LogP contribution in [-0.2, 0) is 6.54 Å². The predicted octanol–water partition coefficient (Wildman–Crippen LogP) is 3.80. The summed E-state index contributed by atoms with van der Waals surface area (Å²) in [7, 11) is 3.28. The number of methoxy groups -OCH3 is 2. The molecule has 29 heavy (non-hydrogen) atoms. The first-order valence-corrected chi connectivity index (χ1v) is 9.96. The third kappa shape index (κ3) is 4.18. The van der Waals surface area contributed by atoms with Crippen LogP contribution >= 0.6 is 11.6 Å². The number of nitrogens with zero attached hydrogens (tertiary/aromatic N) is 2. The van der Waals surface area contributed by atoms with E-state index in [4.69, 9.17) is 21.1 Å². The van der Waals surface area contributed by atoms with Gasteiger partial charge in [0.25, 0.3) is 5.91 Å². The smallest absolute Gasteiger partial charge is 0.270 e. The number of aromatic nitrogens is 1. The summed E-state index contributed by atoms with van der Waals surface area (Å²) in [4.78, 5) is 20.3. The van der Waals surface area contributed by atoms with E-state index in [9.17, 15) is 4.79 Å². The molecule has 0 saturated carbocycles. The number of fused-ring (bicyclic) bond motifs is 1. The van der Waals surface area contributed by atoms with Crippen LogP contribution in [-0.4, -0.2) is 61.1 Å². The van der Waals surface area contributed by atoms with Crippen molar-refractivity contribution in [1.82, 2.24) is 14.8 Å². The fourth-order valence-corrected chi connectivity index (χ4v) is 3.92. The Morgan fingerprint density at radius 2 is 1.76 bits per heavy atom. The fourth-order valence-electron chi connectivity index (χ4n) is 3.74. The first-order valence-electron chi connectivity index (χ1n) is 9.58. The number of rotatable bonds is 5. The first-order chi connectivity index (χ1) is 14.1. The van der Waals surface area contributed by atoms with E-state index >= 15 is 0 Å². The Morgan fingerprint density at radius 1 is 1.00 bits per heavy atom. The summed E-state index contributed by atoms with van der Waals surface area (Å²) in [5, 5.41) is 1.62. The van der Waals surface area contributed by atoms with E-state index in [-0.39, 0.29) is 5.91 Å². The number of benzene rings is 2. The number of halogens is 1. The quantitative estimate of drug-likeness (QED) is 0.691. The van der Waals surface area contributed by atoms with Gasteiger partial charge in [-0.1, -0.05) is 17.7 Å². The molecule has 1 aliphatic rings. The second kappa shape index (κ2) is 8.35. The molecule has 152 valence electrons. The Hall–Kier alpha value is -2.70. The van der Waals surface area contributed by atoms with Crippen LogP contribution in [0.2, 0.25) is 5.02 Å². The van der Waals surface area contributed by atoms with Crippen molar-refractivity contribution in [2.75, 3.05) is 40.4 Å².